The predicted octanol–water partition coefficient (Wildman–Crippen LogP) is 1.56. The van der Waals surface area contributed by atoms with Crippen molar-refractivity contribution in [2.45, 2.75) is 32.5 Å². The van der Waals surface area contributed by atoms with Gasteiger partial charge < -0.3 is 4.90 Å². The maximum atomic E-state index is 12.6. The number of amides is 1. The Kier molecular flexibility index (Phi) is 7.29. The molecular formula is C15H25F3N4O. The Hall–Kier alpha value is -1.33. The number of nitrogens with zero attached hydrogens (tertiary/aromatic N) is 4. The Bertz CT molecular complexity index is 433. The van der Waals surface area contributed by atoms with Gasteiger partial charge in [-0.3, -0.25) is 14.6 Å². The summed E-state index contributed by atoms with van der Waals surface area (Å²) in [5, 5.41) is 8.56. The van der Waals surface area contributed by atoms with Crippen LogP contribution in [0.1, 0.15) is 20.3 Å². The van der Waals surface area contributed by atoms with Crippen molar-refractivity contribution < 1.29 is 18.0 Å². The first-order chi connectivity index (χ1) is 10.6. The fourth-order valence-corrected chi connectivity index (χ4v) is 2.77. The zero-order valence-electron chi connectivity index (χ0n) is 13.9. The Labute approximate surface area is 135 Å². The number of alkyl halides is 3. The molecule has 1 aliphatic rings. The van der Waals surface area contributed by atoms with Crippen LogP contribution in [0.25, 0.3) is 0 Å². The van der Waals surface area contributed by atoms with E-state index < -0.39 is 12.7 Å². The highest BCUT2D eigenvalue weighted by Crippen LogP contribution is 2.22. The van der Waals surface area contributed by atoms with E-state index in [1.54, 1.807) is 7.05 Å². The molecule has 23 heavy (non-hydrogen) atoms. The molecule has 0 spiro atoms. The first kappa shape index (κ1) is 19.7. The van der Waals surface area contributed by atoms with E-state index in [1.165, 1.54) is 9.80 Å². The summed E-state index contributed by atoms with van der Waals surface area (Å²) in [6.07, 6.45) is -3.92. The molecule has 8 heteroatoms. The Balaban J connectivity index is 2.62. The molecule has 1 rings (SSSR count). The van der Waals surface area contributed by atoms with Gasteiger partial charge in [-0.1, -0.05) is 13.8 Å². The van der Waals surface area contributed by atoms with Crippen molar-refractivity contribution in [3.05, 3.63) is 0 Å². The van der Waals surface area contributed by atoms with Crippen molar-refractivity contribution in [1.29, 1.82) is 5.26 Å². The number of halogens is 3. The molecule has 0 aromatic heterocycles. The van der Waals surface area contributed by atoms with Gasteiger partial charge in [0.05, 0.1) is 25.6 Å². The summed E-state index contributed by atoms with van der Waals surface area (Å²) in [6, 6.07) is 1.91. The fourth-order valence-electron chi connectivity index (χ4n) is 2.77. The zero-order chi connectivity index (χ0) is 17.6. The standard InChI is InChI=1S/C15H25F3N4O/c1-12(2)13-9-21(11-15(16,17)18)7-8-22(13)10-14(23)20(3)6-4-5-19/h12-13H,4,6-11H2,1-3H3. The first-order valence-corrected chi connectivity index (χ1v) is 7.78. The van der Waals surface area contributed by atoms with E-state index >= 15 is 0 Å². The molecule has 1 saturated heterocycles. The molecule has 0 N–H and O–H groups in total. The van der Waals surface area contributed by atoms with Crippen molar-refractivity contribution in [2.75, 3.05) is 46.3 Å². The number of carbonyl (C=O) groups is 1. The molecule has 132 valence electrons. The van der Waals surface area contributed by atoms with Crippen molar-refractivity contribution >= 4 is 5.91 Å². The smallest absolute Gasteiger partial charge is 0.344 e. The second-order valence-electron chi connectivity index (χ2n) is 6.36. The monoisotopic (exact) mass is 334 g/mol. The lowest BCUT2D eigenvalue weighted by atomic mass is 9.99. The molecule has 0 bridgehead atoms. The highest BCUT2D eigenvalue weighted by Gasteiger charge is 2.36. The van der Waals surface area contributed by atoms with Crippen LogP contribution in [-0.4, -0.2) is 79.1 Å². The largest absolute Gasteiger partial charge is 0.401 e. The minimum Gasteiger partial charge on any atom is -0.344 e. The van der Waals surface area contributed by atoms with Crippen molar-refractivity contribution in [3.8, 4) is 6.07 Å². The van der Waals surface area contributed by atoms with E-state index in [9.17, 15) is 18.0 Å². The van der Waals surface area contributed by atoms with Gasteiger partial charge in [-0.25, -0.2) is 0 Å². The summed E-state index contributed by atoms with van der Waals surface area (Å²) in [7, 11) is 1.64. The average molecular weight is 334 g/mol. The van der Waals surface area contributed by atoms with Crippen LogP contribution in [0, 0.1) is 17.2 Å². The fraction of sp³-hybridized carbons (Fsp3) is 0.867. The van der Waals surface area contributed by atoms with E-state index in [2.05, 4.69) is 0 Å². The van der Waals surface area contributed by atoms with Crippen LogP contribution in [0.4, 0.5) is 13.2 Å². The second kappa shape index (κ2) is 8.50. The summed E-state index contributed by atoms with van der Waals surface area (Å²) in [5.74, 6) is 0.0541. The Morgan fingerprint density at radius 2 is 2.04 bits per heavy atom. The van der Waals surface area contributed by atoms with E-state index in [1.807, 2.05) is 24.8 Å². The molecule has 0 aromatic carbocycles. The van der Waals surface area contributed by atoms with Gasteiger partial charge in [0.2, 0.25) is 5.91 Å². The summed E-state index contributed by atoms with van der Waals surface area (Å²) < 4.78 is 37.7. The predicted molar refractivity (Wildman–Crippen MR) is 80.6 cm³/mol. The number of nitriles is 1. The van der Waals surface area contributed by atoms with Gasteiger partial charge in [0.25, 0.3) is 0 Å². The number of likely N-dealkylation sites (N-methyl/N-ethyl adjacent to an activating group) is 1. The van der Waals surface area contributed by atoms with Gasteiger partial charge in [0.1, 0.15) is 0 Å². The third kappa shape index (κ3) is 6.75. The van der Waals surface area contributed by atoms with Crippen molar-refractivity contribution in [2.24, 2.45) is 5.92 Å². The lowest BCUT2D eigenvalue weighted by Crippen LogP contribution is -2.58. The van der Waals surface area contributed by atoms with Crippen LogP contribution in [0.2, 0.25) is 0 Å². The van der Waals surface area contributed by atoms with Crippen molar-refractivity contribution in [1.82, 2.24) is 14.7 Å². The maximum absolute atomic E-state index is 12.6. The van der Waals surface area contributed by atoms with Crippen LogP contribution < -0.4 is 0 Å². The molecule has 1 amide bonds. The Morgan fingerprint density at radius 3 is 2.57 bits per heavy atom. The first-order valence-electron chi connectivity index (χ1n) is 7.78. The number of piperazine rings is 1. The van der Waals surface area contributed by atoms with Crippen LogP contribution in [0.3, 0.4) is 0 Å². The second-order valence-corrected chi connectivity index (χ2v) is 6.36. The molecule has 0 saturated carbocycles. The molecule has 1 heterocycles. The van der Waals surface area contributed by atoms with E-state index in [0.29, 0.717) is 26.2 Å². The number of hydrogen-bond acceptors (Lipinski definition) is 4. The lowest BCUT2D eigenvalue weighted by Gasteiger charge is -2.43. The van der Waals surface area contributed by atoms with Gasteiger partial charge in [0, 0.05) is 39.3 Å². The molecule has 5 nitrogen and oxygen atoms in total. The third-order valence-corrected chi connectivity index (χ3v) is 4.11. The molecule has 1 atom stereocenters. The van der Waals surface area contributed by atoms with Crippen LogP contribution in [0.15, 0.2) is 0 Å². The molecule has 1 unspecified atom stereocenters. The quantitative estimate of drug-likeness (QED) is 0.740. The Morgan fingerprint density at radius 1 is 1.39 bits per heavy atom. The van der Waals surface area contributed by atoms with Gasteiger partial charge >= 0.3 is 6.18 Å². The average Bonchev–Trinajstić information content (AvgIpc) is 2.44. The highest BCUT2D eigenvalue weighted by atomic mass is 19.4. The zero-order valence-corrected chi connectivity index (χ0v) is 13.9. The summed E-state index contributed by atoms with van der Waals surface area (Å²) in [4.78, 5) is 17.0. The topological polar surface area (TPSA) is 50.6 Å². The molecular weight excluding hydrogens is 309 g/mol. The lowest BCUT2D eigenvalue weighted by molar-refractivity contribution is -0.154. The van der Waals surface area contributed by atoms with Crippen molar-refractivity contribution in [3.63, 3.8) is 0 Å². The van der Waals surface area contributed by atoms with Crippen LogP contribution in [-0.2, 0) is 4.79 Å². The number of hydrogen-bond donors (Lipinski definition) is 0. The SMILES string of the molecule is CC(C)C1CN(CC(F)(F)F)CCN1CC(=O)N(C)CCC#N. The number of rotatable bonds is 6. The highest BCUT2D eigenvalue weighted by molar-refractivity contribution is 5.78. The van der Waals surface area contributed by atoms with Crippen LogP contribution >= 0.6 is 0 Å². The van der Waals surface area contributed by atoms with E-state index in [4.69, 9.17) is 5.26 Å². The maximum Gasteiger partial charge on any atom is 0.401 e. The molecule has 0 aliphatic carbocycles. The summed E-state index contributed by atoms with van der Waals surface area (Å²) >= 11 is 0. The molecule has 1 aliphatic heterocycles. The van der Waals surface area contributed by atoms with Crippen LogP contribution in [0.5, 0.6) is 0 Å². The van der Waals surface area contributed by atoms with E-state index in [0.717, 1.165) is 0 Å². The van der Waals surface area contributed by atoms with Gasteiger partial charge in [-0.15, -0.1) is 0 Å². The molecule has 1 fully saturated rings. The third-order valence-electron chi connectivity index (χ3n) is 4.11. The van der Waals surface area contributed by atoms with Gasteiger partial charge in [-0.05, 0) is 5.92 Å². The molecule has 0 radical (unpaired) electrons. The normalized spacial score (nSPS) is 20.5. The minimum atomic E-state index is -4.20. The summed E-state index contributed by atoms with van der Waals surface area (Å²) in [5.41, 5.74) is 0. The van der Waals surface area contributed by atoms with E-state index in [-0.39, 0.29) is 30.8 Å². The minimum absolute atomic E-state index is 0.0839. The van der Waals surface area contributed by atoms with Gasteiger partial charge in [0.15, 0.2) is 0 Å². The number of carbonyl (C=O) groups excluding carboxylic acids is 1. The van der Waals surface area contributed by atoms with Gasteiger partial charge in [-0.2, -0.15) is 18.4 Å². The summed E-state index contributed by atoms with van der Waals surface area (Å²) in [6.45, 7) is 4.62. The molecule has 0 aromatic rings.